The molecule has 1 rings (SSSR count). The Morgan fingerprint density at radius 1 is 1.15 bits per heavy atom. The van der Waals surface area contributed by atoms with E-state index >= 15 is 0 Å². The molecule has 74 valence electrons. The fourth-order valence-corrected chi connectivity index (χ4v) is 2.52. The highest BCUT2D eigenvalue weighted by molar-refractivity contribution is 5.41. The smallest absolute Gasteiger partial charge is 0.00753 e. The third-order valence-corrected chi connectivity index (χ3v) is 3.12. The molecule has 0 atom stereocenters. The van der Waals surface area contributed by atoms with E-state index < -0.39 is 0 Å². The van der Waals surface area contributed by atoms with Crippen LogP contribution in [0.1, 0.15) is 48.0 Å². The summed E-state index contributed by atoms with van der Waals surface area (Å²) in [5, 5.41) is 0. The summed E-state index contributed by atoms with van der Waals surface area (Å²) in [6, 6.07) is 0. The summed E-state index contributed by atoms with van der Waals surface area (Å²) in [4.78, 5) is 0. The molecule has 0 fully saturated rings. The molecule has 0 aliphatic heterocycles. The molecule has 0 radical (unpaired) electrons. The molecule has 13 heavy (non-hydrogen) atoms. The second-order valence-corrected chi connectivity index (χ2v) is 5.50. The van der Waals surface area contributed by atoms with Gasteiger partial charge in [0.25, 0.3) is 0 Å². The fourth-order valence-electron chi connectivity index (χ4n) is 2.52. The monoisotopic (exact) mass is 178 g/mol. The summed E-state index contributed by atoms with van der Waals surface area (Å²) in [5.41, 5.74) is 3.72. The van der Waals surface area contributed by atoms with Crippen LogP contribution < -0.4 is 0 Å². The summed E-state index contributed by atoms with van der Waals surface area (Å²) in [6.07, 6.45) is 5.79. The molecule has 1 aliphatic carbocycles. The van der Waals surface area contributed by atoms with Gasteiger partial charge in [0.2, 0.25) is 0 Å². The van der Waals surface area contributed by atoms with Crippen LogP contribution in [0.2, 0.25) is 0 Å². The Labute approximate surface area is 82.7 Å². The molecule has 0 unspecified atom stereocenters. The van der Waals surface area contributed by atoms with Crippen LogP contribution in [-0.4, -0.2) is 0 Å². The van der Waals surface area contributed by atoms with Gasteiger partial charge in [-0.1, -0.05) is 64.8 Å². The third kappa shape index (κ3) is 1.72. The van der Waals surface area contributed by atoms with Crippen molar-refractivity contribution < 1.29 is 0 Å². The molecule has 0 saturated heterocycles. The lowest BCUT2D eigenvalue weighted by Crippen LogP contribution is -2.24. The van der Waals surface area contributed by atoms with E-state index in [9.17, 15) is 0 Å². The average Bonchev–Trinajstić information content (AvgIpc) is 2.22. The second kappa shape index (κ2) is 3.01. The standard InChI is InChI=1S/C13H22/c1-7-10-8-9-11(12(2,3)4)13(10,5)6/h8-9H,7H2,1-6H3. The molecule has 0 saturated carbocycles. The molecule has 0 amide bonds. The van der Waals surface area contributed by atoms with Gasteiger partial charge in [-0.2, -0.15) is 0 Å². The largest absolute Gasteiger partial charge is 0.0622 e. The van der Waals surface area contributed by atoms with Crippen molar-refractivity contribution in [2.45, 2.75) is 48.0 Å². The normalized spacial score (nSPS) is 21.4. The van der Waals surface area contributed by atoms with Crippen molar-refractivity contribution in [2.24, 2.45) is 10.8 Å². The van der Waals surface area contributed by atoms with Crippen LogP contribution in [0.3, 0.4) is 0 Å². The van der Waals surface area contributed by atoms with Crippen LogP contribution in [-0.2, 0) is 0 Å². The highest BCUT2D eigenvalue weighted by atomic mass is 14.4. The van der Waals surface area contributed by atoms with E-state index in [0.717, 1.165) is 0 Å². The highest BCUT2D eigenvalue weighted by Crippen LogP contribution is 2.48. The number of rotatable bonds is 1. The van der Waals surface area contributed by atoms with E-state index in [1.54, 1.807) is 11.1 Å². The molecular formula is C13H22. The first-order valence-electron chi connectivity index (χ1n) is 5.22. The second-order valence-electron chi connectivity index (χ2n) is 5.50. The minimum atomic E-state index is 0.285. The van der Waals surface area contributed by atoms with Gasteiger partial charge in [-0.15, -0.1) is 0 Å². The Bertz CT molecular complexity index is 256. The van der Waals surface area contributed by atoms with E-state index in [2.05, 4.69) is 53.7 Å². The summed E-state index contributed by atoms with van der Waals surface area (Å²) in [7, 11) is 0. The van der Waals surface area contributed by atoms with Gasteiger partial charge in [0.05, 0.1) is 0 Å². The van der Waals surface area contributed by atoms with E-state index in [1.165, 1.54) is 6.42 Å². The topological polar surface area (TPSA) is 0 Å². The van der Waals surface area contributed by atoms with Crippen molar-refractivity contribution in [1.29, 1.82) is 0 Å². The van der Waals surface area contributed by atoms with Crippen molar-refractivity contribution in [3.8, 4) is 0 Å². The molecule has 1 aliphatic rings. The zero-order valence-corrected chi connectivity index (χ0v) is 9.86. The first-order chi connectivity index (χ1) is 5.80. The molecule has 0 spiro atoms. The molecule has 0 aromatic heterocycles. The quantitative estimate of drug-likeness (QED) is 0.560. The first-order valence-corrected chi connectivity index (χ1v) is 5.22. The average molecular weight is 178 g/mol. The summed E-state index contributed by atoms with van der Waals surface area (Å²) in [5.74, 6) is 0. The fraction of sp³-hybridized carbons (Fsp3) is 0.692. The van der Waals surface area contributed by atoms with Gasteiger partial charge in [0, 0.05) is 5.41 Å². The lowest BCUT2D eigenvalue weighted by molar-refractivity contribution is 0.382. The predicted molar refractivity (Wildman–Crippen MR) is 59.7 cm³/mol. The maximum atomic E-state index is 2.34. The molecule has 0 bridgehead atoms. The third-order valence-electron chi connectivity index (χ3n) is 3.12. The zero-order valence-electron chi connectivity index (χ0n) is 9.86. The SMILES string of the molecule is CCC1=CC=C(C(C)(C)C)C1(C)C. The number of hydrogen-bond acceptors (Lipinski definition) is 0. The van der Waals surface area contributed by atoms with Gasteiger partial charge in [-0.25, -0.2) is 0 Å². The molecular weight excluding hydrogens is 156 g/mol. The van der Waals surface area contributed by atoms with Crippen molar-refractivity contribution in [3.05, 3.63) is 23.3 Å². The van der Waals surface area contributed by atoms with Crippen LogP contribution in [0.25, 0.3) is 0 Å². The molecule has 0 heterocycles. The van der Waals surface area contributed by atoms with Crippen LogP contribution in [0, 0.1) is 10.8 Å². The van der Waals surface area contributed by atoms with E-state index in [1.807, 2.05) is 0 Å². The Balaban J connectivity index is 2.99. The van der Waals surface area contributed by atoms with Crippen molar-refractivity contribution in [1.82, 2.24) is 0 Å². The molecule has 0 nitrogen and oxygen atoms in total. The Kier molecular flexibility index (Phi) is 2.44. The Morgan fingerprint density at radius 2 is 1.69 bits per heavy atom. The maximum Gasteiger partial charge on any atom is 0.00753 e. The van der Waals surface area contributed by atoms with Gasteiger partial charge >= 0.3 is 0 Å². The van der Waals surface area contributed by atoms with E-state index in [4.69, 9.17) is 0 Å². The van der Waals surface area contributed by atoms with Crippen molar-refractivity contribution in [3.63, 3.8) is 0 Å². The lowest BCUT2D eigenvalue weighted by atomic mass is 9.69. The van der Waals surface area contributed by atoms with Gasteiger partial charge in [-0.3, -0.25) is 0 Å². The first kappa shape index (κ1) is 10.6. The Hall–Kier alpha value is -0.520. The number of allylic oxidation sites excluding steroid dienone is 4. The van der Waals surface area contributed by atoms with Crippen molar-refractivity contribution >= 4 is 0 Å². The number of hydrogen-bond donors (Lipinski definition) is 0. The summed E-state index contributed by atoms with van der Waals surface area (Å²) < 4.78 is 0. The minimum absolute atomic E-state index is 0.285. The predicted octanol–water partition coefficient (Wildman–Crippen LogP) is 4.34. The molecule has 0 N–H and O–H groups in total. The van der Waals surface area contributed by atoms with Gasteiger partial charge < -0.3 is 0 Å². The lowest BCUT2D eigenvalue weighted by Gasteiger charge is -2.35. The molecule has 0 heteroatoms. The van der Waals surface area contributed by atoms with E-state index in [0.29, 0.717) is 5.41 Å². The summed E-state index contributed by atoms with van der Waals surface area (Å²) in [6.45, 7) is 13.8. The van der Waals surface area contributed by atoms with Gasteiger partial charge in [-0.05, 0) is 11.8 Å². The minimum Gasteiger partial charge on any atom is -0.0622 e. The van der Waals surface area contributed by atoms with Crippen molar-refractivity contribution in [2.75, 3.05) is 0 Å². The molecule has 0 aromatic carbocycles. The Morgan fingerprint density at radius 3 is 1.92 bits per heavy atom. The van der Waals surface area contributed by atoms with Gasteiger partial charge in [0.1, 0.15) is 0 Å². The van der Waals surface area contributed by atoms with Crippen LogP contribution in [0.15, 0.2) is 23.3 Å². The summed E-state index contributed by atoms with van der Waals surface area (Å²) >= 11 is 0. The van der Waals surface area contributed by atoms with Gasteiger partial charge in [0.15, 0.2) is 0 Å². The van der Waals surface area contributed by atoms with Crippen LogP contribution in [0.4, 0.5) is 0 Å². The van der Waals surface area contributed by atoms with Crippen LogP contribution >= 0.6 is 0 Å². The maximum absolute atomic E-state index is 2.34. The molecule has 0 aromatic rings. The zero-order chi connectivity index (χ0) is 10.3. The van der Waals surface area contributed by atoms with E-state index in [-0.39, 0.29) is 5.41 Å². The highest BCUT2D eigenvalue weighted by Gasteiger charge is 2.36. The van der Waals surface area contributed by atoms with Crippen LogP contribution in [0.5, 0.6) is 0 Å².